The van der Waals surface area contributed by atoms with E-state index in [1.165, 1.54) is 12.1 Å². The van der Waals surface area contributed by atoms with Gasteiger partial charge in [0.25, 0.3) is 25.8 Å². The normalized spacial score (nSPS) is 12.2. The average molecular weight is 572 g/mol. The first kappa shape index (κ1) is 27.4. The molecule has 4 aromatic rings. The fourth-order valence-electron chi connectivity index (χ4n) is 3.88. The Morgan fingerprint density at radius 1 is 0.974 bits per heavy atom. The number of azo groups is 1. The van der Waals surface area contributed by atoms with Crippen molar-refractivity contribution in [1.29, 1.82) is 0 Å². The smallest absolute Gasteiger partial charge is 0.294 e. The second-order valence-electron chi connectivity index (χ2n) is 8.13. The lowest BCUT2D eigenvalue weighted by atomic mass is 10.1. The Kier molecular flexibility index (Phi) is 7.23. The molecule has 202 valence electrons. The van der Waals surface area contributed by atoms with E-state index in [1.807, 2.05) is 0 Å². The van der Waals surface area contributed by atoms with E-state index in [-0.39, 0.29) is 34.4 Å². The Bertz CT molecular complexity index is 1840. The summed E-state index contributed by atoms with van der Waals surface area (Å²) in [4.78, 5) is 9.64. The number of nitrogens with zero attached hydrogens (tertiary/aromatic N) is 4. The van der Waals surface area contributed by atoms with Crippen LogP contribution in [-0.4, -0.2) is 38.0 Å². The number of nitro groups is 1. The first-order valence-electron chi connectivity index (χ1n) is 11.1. The molecule has 4 rings (SSSR count). The number of sulfonamides is 1. The van der Waals surface area contributed by atoms with Crippen LogP contribution in [0.3, 0.4) is 0 Å². The number of phenolic OH excluding ortho intramolecular Hbond substituents is 1. The molecule has 39 heavy (non-hydrogen) atoms. The quantitative estimate of drug-likeness (QED) is 0.0861. The van der Waals surface area contributed by atoms with Crippen molar-refractivity contribution < 1.29 is 31.4 Å². The van der Waals surface area contributed by atoms with Crippen LogP contribution in [0.5, 0.6) is 5.75 Å². The summed E-state index contributed by atoms with van der Waals surface area (Å²) in [6, 6.07) is 15.8. The lowest BCUT2D eigenvalue weighted by molar-refractivity contribution is -0.385. The van der Waals surface area contributed by atoms with Gasteiger partial charge in [-0.3, -0.25) is 19.0 Å². The van der Waals surface area contributed by atoms with Crippen molar-refractivity contribution in [2.75, 3.05) is 16.6 Å². The Balaban J connectivity index is 1.91. The summed E-state index contributed by atoms with van der Waals surface area (Å²) in [5, 5.41) is 30.1. The van der Waals surface area contributed by atoms with Gasteiger partial charge in [0.2, 0.25) is 0 Å². The molecule has 13 nitrogen and oxygen atoms in total. The number of aromatic hydroxyl groups is 1. The van der Waals surface area contributed by atoms with Crippen LogP contribution >= 0.6 is 0 Å². The number of phenols is 1. The maximum atomic E-state index is 13.7. The highest BCUT2D eigenvalue weighted by atomic mass is 32.2. The van der Waals surface area contributed by atoms with Gasteiger partial charge in [-0.1, -0.05) is 24.3 Å². The Morgan fingerprint density at radius 3 is 2.28 bits per heavy atom. The molecule has 15 heteroatoms. The monoisotopic (exact) mass is 571 g/mol. The predicted molar refractivity (Wildman–Crippen MR) is 144 cm³/mol. The molecule has 0 spiro atoms. The first-order chi connectivity index (χ1) is 18.3. The van der Waals surface area contributed by atoms with Crippen molar-refractivity contribution in [3.8, 4) is 5.75 Å². The zero-order valence-electron chi connectivity index (χ0n) is 20.2. The van der Waals surface area contributed by atoms with Gasteiger partial charge >= 0.3 is 0 Å². The fourth-order valence-corrected chi connectivity index (χ4v) is 6.04. The lowest BCUT2D eigenvalue weighted by Crippen LogP contribution is -2.30. The summed E-state index contributed by atoms with van der Waals surface area (Å²) in [5.74, 6) is -0.584. The van der Waals surface area contributed by atoms with Gasteiger partial charge in [0.15, 0.2) is 0 Å². The molecule has 0 saturated carbocycles. The van der Waals surface area contributed by atoms with Crippen molar-refractivity contribution in [2.24, 2.45) is 10.2 Å². The summed E-state index contributed by atoms with van der Waals surface area (Å²) in [6.07, 6.45) is 0. The van der Waals surface area contributed by atoms with Crippen LogP contribution in [0, 0.1) is 10.1 Å². The minimum absolute atomic E-state index is 0.00582. The lowest BCUT2D eigenvalue weighted by Gasteiger charge is -2.23. The van der Waals surface area contributed by atoms with Crippen LogP contribution < -0.4 is 10.0 Å². The number of nitro benzene ring substituents is 1. The van der Waals surface area contributed by atoms with E-state index in [9.17, 15) is 36.6 Å². The molecule has 0 saturated heterocycles. The van der Waals surface area contributed by atoms with Gasteiger partial charge in [-0.05, 0) is 42.6 Å². The van der Waals surface area contributed by atoms with Gasteiger partial charge in [-0.15, -0.1) is 10.2 Å². The van der Waals surface area contributed by atoms with E-state index in [0.717, 1.165) is 34.6 Å². The zero-order chi connectivity index (χ0) is 28.5. The number of nitrogens with two attached hydrogens (primary N) is 1. The molecule has 0 aliphatic rings. The van der Waals surface area contributed by atoms with E-state index in [2.05, 4.69) is 10.2 Å². The number of rotatable bonds is 8. The summed E-state index contributed by atoms with van der Waals surface area (Å²) in [7, 11) is -9.01. The zero-order valence-corrected chi connectivity index (χ0v) is 21.8. The van der Waals surface area contributed by atoms with Gasteiger partial charge in [0.05, 0.1) is 26.6 Å². The molecule has 0 aliphatic carbocycles. The molecule has 0 unspecified atom stereocenters. The number of hydrogen-bond donors (Lipinski definition) is 3. The fraction of sp³-hybridized carbons (Fsp3) is 0.0833. The first-order valence-corrected chi connectivity index (χ1v) is 14.0. The van der Waals surface area contributed by atoms with Crippen LogP contribution in [0.15, 0.2) is 92.8 Å². The third-order valence-electron chi connectivity index (χ3n) is 5.68. The number of hydrogen-bond acceptors (Lipinski definition) is 10. The highest BCUT2D eigenvalue weighted by Crippen LogP contribution is 2.41. The summed E-state index contributed by atoms with van der Waals surface area (Å²) < 4.78 is 60.9. The Labute approximate surface area is 222 Å². The Hall–Kier alpha value is -4.60. The molecule has 0 aromatic heterocycles. The van der Waals surface area contributed by atoms with Crippen molar-refractivity contribution in [2.45, 2.75) is 16.7 Å². The van der Waals surface area contributed by atoms with E-state index >= 15 is 0 Å². The molecule has 0 heterocycles. The van der Waals surface area contributed by atoms with Crippen molar-refractivity contribution in [3.05, 3.63) is 82.9 Å². The summed E-state index contributed by atoms with van der Waals surface area (Å²) in [6.45, 7) is 1.61. The van der Waals surface area contributed by atoms with Gasteiger partial charge in [0.1, 0.15) is 22.0 Å². The molecule has 0 amide bonds. The number of para-hydroxylation sites is 1. The number of non-ortho nitro benzene ring substituents is 1. The minimum atomic E-state index is -4.63. The van der Waals surface area contributed by atoms with Gasteiger partial charge < -0.3 is 10.8 Å². The van der Waals surface area contributed by atoms with Crippen LogP contribution in [0.25, 0.3) is 10.8 Å². The topological polar surface area (TPSA) is 206 Å². The van der Waals surface area contributed by atoms with Crippen LogP contribution in [0.2, 0.25) is 0 Å². The summed E-state index contributed by atoms with van der Waals surface area (Å²) >= 11 is 0. The van der Waals surface area contributed by atoms with E-state index in [0.29, 0.717) is 5.69 Å². The van der Waals surface area contributed by atoms with E-state index < -0.39 is 46.3 Å². The van der Waals surface area contributed by atoms with Crippen molar-refractivity contribution >= 4 is 59.4 Å². The minimum Gasteiger partial charge on any atom is -0.507 e. The van der Waals surface area contributed by atoms with Gasteiger partial charge in [-0.2, -0.15) is 8.42 Å². The van der Waals surface area contributed by atoms with Gasteiger partial charge in [0, 0.05) is 24.7 Å². The number of anilines is 2. The van der Waals surface area contributed by atoms with Crippen molar-refractivity contribution in [3.63, 3.8) is 0 Å². The largest absolute Gasteiger partial charge is 0.507 e. The molecule has 4 N–H and O–H groups in total. The average Bonchev–Trinajstić information content (AvgIpc) is 2.88. The molecule has 0 bridgehead atoms. The maximum absolute atomic E-state index is 13.7. The maximum Gasteiger partial charge on any atom is 0.294 e. The number of fused-ring (bicyclic) bond motifs is 1. The van der Waals surface area contributed by atoms with Crippen molar-refractivity contribution in [1.82, 2.24) is 0 Å². The molecule has 0 fully saturated rings. The highest BCUT2D eigenvalue weighted by Gasteiger charge is 2.29. The standard InChI is InChI=1S/C24H21N5O8S2/c1-2-28(16-6-4-3-5-7-16)38(33,34)22-13-17(29(31)32)9-11-20(22)26-27-24-19(25)10-8-15-12-18(39(35,36)37)14-21(30)23(15)24/h3-14,30H,2,25H2,1H3,(H,35,36,37). The Morgan fingerprint density at radius 2 is 1.67 bits per heavy atom. The van der Waals surface area contributed by atoms with Gasteiger partial charge in [-0.25, -0.2) is 8.42 Å². The second-order valence-corrected chi connectivity index (χ2v) is 11.4. The van der Waals surface area contributed by atoms with E-state index in [4.69, 9.17) is 5.73 Å². The van der Waals surface area contributed by atoms with Crippen LogP contribution in [-0.2, 0) is 20.1 Å². The SMILES string of the molecule is CCN(c1ccccc1)S(=O)(=O)c1cc([N+](=O)[O-])ccc1N=Nc1c(N)ccc2cc(S(=O)(=O)O)cc(O)c12. The molecular weight excluding hydrogens is 550 g/mol. The second kappa shape index (κ2) is 10.3. The molecular formula is C24H21N5O8S2. The number of benzene rings is 4. The molecule has 0 aliphatic heterocycles. The van der Waals surface area contributed by atoms with Crippen LogP contribution in [0.1, 0.15) is 6.92 Å². The molecule has 4 aromatic carbocycles. The van der Waals surface area contributed by atoms with Crippen LogP contribution in [0.4, 0.5) is 28.4 Å². The predicted octanol–water partition coefficient (Wildman–Crippen LogP) is 4.91. The van der Waals surface area contributed by atoms with E-state index in [1.54, 1.807) is 37.3 Å². The summed E-state index contributed by atoms with van der Waals surface area (Å²) in [5.41, 5.74) is 5.50. The molecule has 0 atom stereocenters. The molecule has 0 radical (unpaired) electrons. The number of nitrogen functional groups attached to an aromatic ring is 1. The third-order valence-corrected chi connectivity index (χ3v) is 8.45. The highest BCUT2D eigenvalue weighted by molar-refractivity contribution is 7.93. The third kappa shape index (κ3) is 5.36.